The van der Waals surface area contributed by atoms with Crippen LogP contribution in [0.1, 0.15) is 13.3 Å². The molecule has 0 aliphatic carbocycles. The van der Waals surface area contributed by atoms with E-state index in [9.17, 15) is 4.79 Å². The number of nitrogens with one attached hydrogen (secondary N) is 1. The summed E-state index contributed by atoms with van der Waals surface area (Å²) in [7, 11) is 0. The number of carbonyl (C=O) groups is 1. The number of hydrogen-bond acceptors (Lipinski definition) is 4. The van der Waals surface area contributed by atoms with Crippen LogP contribution in [0.25, 0.3) is 0 Å². The molecule has 2 heterocycles. The minimum absolute atomic E-state index is 0.109. The highest BCUT2D eigenvalue weighted by atomic mass is 16.5. The van der Waals surface area contributed by atoms with Crippen molar-refractivity contribution in [2.24, 2.45) is 5.92 Å². The van der Waals surface area contributed by atoms with E-state index in [4.69, 9.17) is 9.47 Å². The normalized spacial score (nSPS) is 29.6. The Kier molecular flexibility index (Phi) is 4.76. The maximum absolute atomic E-state index is 11.9. The molecule has 98 valence electrons. The number of hydrogen-bond donors (Lipinski definition) is 1. The highest BCUT2D eigenvalue weighted by molar-refractivity contribution is 5.77. The molecule has 2 aliphatic rings. The molecule has 0 radical (unpaired) electrons. The minimum atomic E-state index is 0.109. The van der Waals surface area contributed by atoms with Crippen molar-refractivity contribution < 1.29 is 14.3 Å². The van der Waals surface area contributed by atoms with Gasteiger partial charge in [0.2, 0.25) is 5.91 Å². The molecular weight excluding hydrogens is 220 g/mol. The van der Waals surface area contributed by atoms with Gasteiger partial charge in [0.1, 0.15) is 6.61 Å². The number of ether oxygens (including phenoxy) is 2. The van der Waals surface area contributed by atoms with Gasteiger partial charge in [0.05, 0.1) is 13.2 Å². The fourth-order valence-electron chi connectivity index (χ4n) is 2.32. The van der Waals surface area contributed by atoms with Crippen LogP contribution < -0.4 is 5.32 Å². The van der Waals surface area contributed by atoms with Crippen molar-refractivity contribution in [1.82, 2.24) is 10.2 Å². The molecule has 17 heavy (non-hydrogen) atoms. The van der Waals surface area contributed by atoms with Gasteiger partial charge in [-0.05, 0) is 13.3 Å². The molecule has 0 aromatic rings. The van der Waals surface area contributed by atoms with Gasteiger partial charge in [0.15, 0.2) is 0 Å². The van der Waals surface area contributed by atoms with Gasteiger partial charge < -0.3 is 19.7 Å². The molecule has 2 aliphatic heterocycles. The van der Waals surface area contributed by atoms with E-state index >= 15 is 0 Å². The monoisotopic (exact) mass is 242 g/mol. The SMILES string of the molecule is C[C@@H]1CNCCN1C(=O)COC[C@H]1CCOC1. The number of piperazine rings is 1. The second-order valence-corrected chi connectivity index (χ2v) is 4.89. The highest BCUT2D eigenvalue weighted by Gasteiger charge is 2.23. The molecule has 1 amide bonds. The van der Waals surface area contributed by atoms with Crippen LogP contribution in [0.5, 0.6) is 0 Å². The van der Waals surface area contributed by atoms with Gasteiger partial charge >= 0.3 is 0 Å². The Bertz CT molecular complexity index is 254. The van der Waals surface area contributed by atoms with Crippen molar-refractivity contribution in [3.8, 4) is 0 Å². The third-order valence-corrected chi connectivity index (χ3v) is 3.42. The lowest BCUT2D eigenvalue weighted by Crippen LogP contribution is -2.53. The van der Waals surface area contributed by atoms with Crippen LogP contribution in [-0.2, 0) is 14.3 Å². The Morgan fingerprint density at radius 2 is 2.47 bits per heavy atom. The van der Waals surface area contributed by atoms with Crippen molar-refractivity contribution >= 4 is 5.91 Å². The first kappa shape index (κ1) is 12.8. The molecule has 0 unspecified atom stereocenters. The van der Waals surface area contributed by atoms with Crippen molar-refractivity contribution in [1.29, 1.82) is 0 Å². The van der Waals surface area contributed by atoms with Crippen molar-refractivity contribution in [3.63, 3.8) is 0 Å². The Balaban J connectivity index is 1.65. The summed E-state index contributed by atoms with van der Waals surface area (Å²) in [6.45, 7) is 7.07. The predicted molar refractivity (Wildman–Crippen MR) is 63.8 cm³/mol. The fraction of sp³-hybridized carbons (Fsp3) is 0.917. The van der Waals surface area contributed by atoms with Crippen molar-refractivity contribution in [2.75, 3.05) is 46.1 Å². The lowest BCUT2D eigenvalue weighted by Gasteiger charge is -2.33. The maximum Gasteiger partial charge on any atom is 0.248 e. The summed E-state index contributed by atoms with van der Waals surface area (Å²) in [4.78, 5) is 13.8. The van der Waals surface area contributed by atoms with E-state index in [0.29, 0.717) is 12.5 Å². The van der Waals surface area contributed by atoms with Crippen molar-refractivity contribution in [3.05, 3.63) is 0 Å². The predicted octanol–water partition coefficient (Wildman–Crippen LogP) is -0.140. The Hall–Kier alpha value is -0.650. The van der Waals surface area contributed by atoms with Crippen LogP contribution >= 0.6 is 0 Å². The summed E-state index contributed by atoms with van der Waals surface area (Å²) in [5, 5.41) is 3.27. The molecule has 5 heteroatoms. The Labute approximate surface area is 102 Å². The van der Waals surface area contributed by atoms with Gasteiger partial charge in [-0.25, -0.2) is 0 Å². The lowest BCUT2D eigenvalue weighted by atomic mass is 10.1. The maximum atomic E-state index is 11.9. The smallest absolute Gasteiger partial charge is 0.248 e. The van der Waals surface area contributed by atoms with Gasteiger partial charge in [-0.15, -0.1) is 0 Å². The van der Waals surface area contributed by atoms with Gasteiger partial charge in [0.25, 0.3) is 0 Å². The third kappa shape index (κ3) is 3.66. The number of amides is 1. The highest BCUT2D eigenvalue weighted by Crippen LogP contribution is 2.12. The standard InChI is InChI=1S/C12H22N2O3/c1-10-6-13-3-4-14(10)12(15)9-17-8-11-2-5-16-7-11/h10-11,13H,2-9H2,1H3/t10-,11+/m1/s1. The molecule has 0 bridgehead atoms. The molecule has 5 nitrogen and oxygen atoms in total. The van der Waals surface area contributed by atoms with Crippen molar-refractivity contribution in [2.45, 2.75) is 19.4 Å². The van der Waals surface area contributed by atoms with Gasteiger partial charge in [-0.3, -0.25) is 4.79 Å². The van der Waals surface area contributed by atoms with E-state index in [2.05, 4.69) is 12.2 Å². The Morgan fingerprint density at radius 3 is 3.18 bits per heavy atom. The first-order valence-corrected chi connectivity index (χ1v) is 6.43. The van der Waals surface area contributed by atoms with Crippen LogP contribution in [0.15, 0.2) is 0 Å². The largest absolute Gasteiger partial charge is 0.381 e. The zero-order chi connectivity index (χ0) is 12.1. The van der Waals surface area contributed by atoms with Gasteiger partial charge in [0, 0.05) is 38.2 Å². The van der Waals surface area contributed by atoms with E-state index in [1.807, 2.05) is 4.90 Å². The average molecular weight is 242 g/mol. The fourth-order valence-corrected chi connectivity index (χ4v) is 2.32. The van der Waals surface area contributed by atoms with Crippen LogP contribution in [0, 0.1) is 5.92 Å². The average Bonchev–Trinajstić information content (AvgIpc) is 2.82. The molecular formula is C12H22N2O3. The van der Waals surface area contributed by atoms with Crippen LogP contribution in [-0.4, -0.2) is 62.9 Å². The topological polar surface area (TPSA) is 50.8 Å². The molecule has 2 saturated heterocycles. The molecule has 2 rings (SSSR count). The minimum Gasteiger partial charge on any atom is -0.381 e. The third-order valence-electron chi connectivity index (χ3n) is 3.42. The first-order valence-electron chi connectivity index (χ1n) is 6.43. The molecule has 1 N–H and O–H groups in total. The summed E-state index contributed by atoms with van der Waals surface area (Å²) >= 11 is 0. The number of rotatable bonds is 4. The first-order chi connectivity index (χ1) is 8.27. The van der Waals surface area contributed by atoms with Crippen LogP contribution in [0.2, 0.25) is 0 Å². The van der Waals surface area contributed by atoms with E-state index in [-0.39, 0.29) is 18.6 Å². The molecule has 0 spiro atoms. The number of nitrogens with zero attached hydrogens (tertiary/aromatic N) is 1. The molecule has 0 aromatic carbocycles. The molecule has 2 fully saturated rings. The molecule has 0 saturated carbocycles. The van der Waals surface area contributed by atoms with E-state index in [1.165, 1.54) is 0 Å². The summed E-state index contributed by atoms with van der Waals surface area (Å²) in [5.41, 5.74) is 0. The summed E-state index contributed by atoms with van der Waals surface area (Å²) in [5.74, 6) is 0.584. The van der Waals surface area contributed by atoms with Crippen LogP contribution in [0.4, 0.5) is 0 Å². The summed E-state index contributed by atoms with van der Waals surface area (Å²) in [6, 6.07) is 0.273. The van der Waals surface area contributed by atoms with Gasteiger partial charge in [-0.1, -0.05) is 0 Å². The van der Waals surface area contributed by atoms with E-state index in [1.54, 1.807) is 0 Å². The zero-order valence-corrected chi connectivity index (χ0v) is 10.5. The second kappa shape index (κ2) is 6.33. The zero-order valence-electron chi connectivity index (χ0n) is 10.5. The van der Waals surface area contributed by atoms with Gasteiger partial charge in [-0.2, -0.15) is 0 Å². The quantitative estimate of drug-likeness (QED) is 0.745. The Morgan fingerprint density at radius 1 is 1.59 bits per heavy atom. The number of carbonyl (C=O) groups excluding carboxylic acids is 1. The van der Waals surface area contributed by atoms with E-state index in [0.717, 1.165) is 39.3 Å². The van der Waals surface area contributed by atoms with E-state index < -0.39 is 0 Å². The lowest BCUT2D eigenvalue weighted by molar-refractivity contribution is -0.139. The van der Waals surface area contributed by atoms with Crippen LogP contribution in [0.3, 0.4) is 0 Å². The second-order valence-electron chi connectivity index (χ2n) is 4.89. The summed E-state index contributed by atoms with van der Waals surface area (Å²) in [6.07, 6.45) is 1.05. The molecule has 0 aromatic heterocycles. The molecule has 2 atom stereocenters. The summed E-state index contributed by atoms with van der Waals surface area (Å²) < 4.78 is 10.8.